The Morgan fingerprint density at radius 2 is 1.79 bits per heavy atom. The molecule has 0 unspecified atom stereocenters. The van der Waals surface area contributed by atoms with Crippen molar-refractivity contribution >= 4 is 33.2 Å². The van der Waals surface area contributed by atoms with Crippen LogP contribution in [0.15, 0.2) is 54.8 Å². The average Bonchev–Trinajstić information content (AvgIpc) is 3.35. The molecule has 1 heterocycles. The molecule has 0 amide bonds. The summed E-state index contributed by atoms with van der Waals surface area (Å²) < 4.78 is 6.17. The van der Waals surface area contributed by atoms with E-state index in [-0.39, 0.29) is 17.5 Å². The van der Waals surface area contributed by atoms with Crippen molar-refractivity contribution in [3.05, 3.63) is 59.7 Å². The van der Waals surface area contributed by atoms with Crippen molar-refractivity contribution in [2.24, 2.45) is 5.92 Å². The number of fused-ring (bicyclic) bond motifs is 1. The average molecular weight is 408 g/mol. The monoisotopic (exact) mass is 408 g/mol. The molecule has 5 nitrogen and oxygen atoms in total. The number of aliphatic carboxylic acids is 1. The van der Waals surface area contributed by atoms with Crippen molar-refractivity contribution in [2.75, 3.05) is 0 Å². The third-order valence-electron chi connectivity index (χ3n) is 5.18. The summed E-state index contributed by atoms with van der Waals surface area (Å²) in [5.74, 6) is -0.141. The molecular weight excluding hydrogens is 388 g/mol. The largest absolute Gasteiger partial charge is 0.508 e. The van der Waals surface area contributed by atoms with E-state index in [0.29, 0.717) is 5.75 Å². The lowest BCUT2D eigenvalue weighted by Gasteiger charge is -2.10. The van der Waals surface area contributed by atoms with Crippen LogP contribution in [0.5, 0.6) is 11.5 Å². The molecule has 1 fully saturated rings. The number of thiophene rings is 1. The Morgan fingerprint density at radius 1 is 1.07 bits per heavy atom. The van der Waals surface area contributed by atoms with Crippen LogP contribution in [-0.4, -0.2) is 22.0 Å². The fraction of sp³-hybridized carbons (Fsp3) is 0.217. The number of rotatable bonds is 6. The van der Waals surface area contributed by atoms with Gasteiger partial charge in [-0.1, -0.05) is 25.0 Å². The molecule has 0 aliphatic heterocycles. The van der Waals surface area contributed by atoms with Crippen molar-refractivity contribution in [3.8, 4) is 22.6 Å². The number of phenolic OH excluding ortho intramolecular Hbond substituents is 1. The molecule has 4 rings (SSSR count). The molecule has 0 spiro atoms. The molecule has 148 valence electrons. The molecule has 0 atom stereocenters. The van der Waals surface area contributed by atoms with Crippen LogP contribution >= 0.6 is 11.3 Å². The van der Waals surface area contributed by atoms with Crippen LogP contribution in [0, 0.1) is 5.92 Å². The van der Waals surface area contributed by atoms with Gasteiger partial charge in [0.2, 0.25) is 0 Å². The third kappa shape index (κ3) is 4.03. The highest BCUT2D eigenvalue weighted by Gasteiger charge is 2.28. The van der Waals surface area contributed by atoms with Crippen molar-refractivity contribution in [1.29, 1.82) is 0 Å². The molecule has 1 saturated carbocycles. The van der Waals surface area contributed by atoms with Gasteiger partial charge in [-0.25, -0.2) is 4.79 Å². The maximum Gasteiger partial charge on any atom is 0.331 e. The van der Waals surface area contributed by atoms with Gasteiger partial charge in [-0.05, 0) is 48.7 Å². The Labute approximate surface area is 171 Å². The highest BCUT2D eigenvalue weighted by atomic mass is 32.1. The zero-order valence-corrected chi connectivity index (χ0v) is 16.4. The maximum atomic E-state index is 13.2. The maximum absolute atomic E-state index is 13.2. The molecule has 1 aliphatic rings. The number of ketones is 1. The van der Waals surface area contributed by atoms with E-state index >= 15 is 0 Å². The van der Waals surface area contributed by atoms with E-state index in [1.165, 1.54) is 11.3 Å². The summed E-state index contributed by atoms with van der Waals surface area (Å²) in [6.45, 7) is 0. The molecule has 1 aliphatic carbocycles. The first-order valence-corrected chi connectivity index (χ1v) is 10.3. The van der Waals surface area contributed by atoms with Gasteiger partial charge >= 0.3 is 5.97 Å². The van der Waals surface area contributed by atoms with Gasteiger partial charge in [0.1, 0.15) is 11.5 Å². The summed E-state index contributed by atoms with van der Waals surface area (Å²) in [5.41, 5.74) is 1.77. The highest BCUT2D eigenvalue weighted by Crippen LogP contribution is 2.43. The number of benzene rings is 2. The fourth-order valence-corrected chi connectivity index (χ4v) is 5.07. The number of carbonyl (C=O) groups is 2. The van der Waals surface area contributed by atoms with Gasteiger partial charge in [0.05, 0.1) is 17.2 Å². The zero-order chi connectivity index (χ0) is 20.4. The molecule has 6 heteroatoms. The molecule has 2 N–H and O–H groups in total. The second-order valence-corrected chi connectivity index (χ2v) is 8.17. The Bertz CT molecular complexity index is 1090. The van der Waals surface area contributed by atoms with Gasteiger partial charge in [-0.2, -0.15) is 0 Å². The molecule has 3 aromatic rings. The van der Waals surface area contributed by atoms with E-state index in [4.69, 9.17) is 9.84 Å². The summed E-state index contributed by atoms with van der Waals surface area (Å²) in [7, 11) is 0. The first-order chi connectivity index (χ1) is 14.0. The van der Waals surface area contributed by atoms with Crippen LogP contribution in [0.1, 0.15) is 35.4 Å². The van der Waals surface area contributed by atoms with Crippen LogP contribution in [0.4, 0.5) is 0 Å². The number of carbonyl (C=O) groups excluding carboxylic acids is 1. The standard InChI is InChI=1S/C23H20O5S/c24-16-7-10-18-19(13-16)29-23(22(27)15-3-1-2-4-15)21(18)14-5-8-17(9-6-14)28-12-11-20(25)26/h5-13,15,24H,1-4H2,(H,25,26)/b12-11+. The Morgan fingerprint density at radius 3 is 2.48 bits per heavy atom. The van der Waals surface area contributed by atoms with E-state index in [0.717, 1.165) is 64.1 Å². The van der Waals surface area contributed by atoms with Crippen molar-refractivity contribution in [3.63, 3.8) is 0 Å². The number of carboxylic acid groups (broad SMARTS) is 1. The lowest BCUT2D eigenvalue weighted by molar-refractivity contribution is -0.131. The molecule has 0 radical (unpaired) electrons. The number of ether oxygens (including phenoxy) is 1. The van der Waals surface area contributed by atoms with Crippen molar-refractivity contribution in [2.45, 2.75) is 25.7 Å². The number of aromatic hydroxyl groups is 1. The normalized spacial score (nSPS) is 14.6. The minimum absolute atomic E-state index is 0.0687. The first kappa shape index (κ1) is 19.2. The summed E-state index contributed by atoms with van der Waals surface area (Å²) >= 11 is 1.43. The highest BCUT2D eigenvalue weighted by molar-refractivity contribution is 7.21. The molecular formula is C23H20O5S. The van der Waals surface area contributed by atoms with Crippen LogP contribution < -0.4 is 4.74 Å². The number of phenols is 1. The fourth-order valence-electron chi connectivity index (χ4n) is 3.79. The molecule has 29 heavy (non-hydrogen) atoms. The third-order valence-corrected chi connectivity index (χ3v) is 6.35. The Hall–Kier alpha value is -3.12. The zero-order valence-electron chi connectivity index (χ0n) is 15.6. The van der Waals surface area contributed by atoms with Gasteiger partial charge in [0.25, 0.3) is 0 Å². The van der Waals surface area contributed by atoms with E-state index < -0.39 is 5.97 Å². The molecule has 2 aromatic carbocycles. The van der Waals surface area contributed by atoms with E-state index in [2.05, 4.69) is 0 Å². The van der Waals surface area contributed by atoms with Crippen LogP contribution in [-0.2, 0) is 4.79 Å². The molecule has 0 bridgehead atoms. The minimum Gasteiger partial charge on any atom is -0.508 e. The van der Waals surface area contributed by atoms with Crippen LogP contribution in [0.25, 0.3) is 21.2 Å². The lowest BCUT2D eigenvalue weighted by atomic mass is 9.94. The van der Waals surface area contributed by atoms with Gasteiger partial charge in [0.15, 0.2) is 5.78 Å². The smallest absolute Gasteiger partial charge is 0.331 e. The summed E-state index contributed by atoms with van der Waals surface area (Å²) in [6.07, 6.45) is 6.09. The number of hydrogen-bond donors (Lipinski definition) is 2. The number of Topliss-reactive ketones (excluding diaryl/α,β-unsaturated/α-hetero) is 1. The lowest BCUT2D eigenvalue weighted by Crippen LogP contribution is -2.10. The van der Waals surface area contributed by atoms with Gasteiger partial charge in [-0.3, -0.25) is 4.79 Å². The van der Waals surface area contributed by atoms with Gasteiger partial charge < -0.3 is 14.9 Å². The predicted molar refractivity (Wildman–Crippen MR) is 113 cm³/mol. The minimum atomic E-state index is -1.08. The number of carboxylic acids is 1. The Balaban J connectivity index is 1.74. The quantitative estimate of drug-likeness (QED) is 0.314. The summed E-state index contributed by atoms with van der Waals surface area (Å²) in [6, 6.07) is 12.4. The first-order valence-electron chi connectivity index (χ1n) is 9.49. The predicted octanol–water partition coefficient (Wildman–Crippen LogP) is 5.62. The molecule has 0 saturated heterocycles. The summed E-state index contributed by atoms with van der Waals surface area (Å²) in [5, 5.41) is 19.4. The number of hydrogen-bond acceptors (Lipinski definition) is 5. The van der Waals surface area contributed by atoms with Gasteiger partial charge in [0, 0.05) is 21.6 Å². The van der Waals surface area contributed by atoms with Crippen LogP contribution in [0.2, 0.25) is 0 Å². The second kappa shape index (κ2) is 8.09. The second-order valence-electron chi connectivity index (χ2n) is 7.12. The topological polar surface area (TPSA) is 83.8 Å². The SMILES string of the molecule is O=C(O)/C=C/Oc1ccc(-c2c(C(=O)C3CCCC3)sc3cc(O)ccc23)cc1. The van der Waals surface area contributed by atoms with E-state index in [9.17, 15) is 14.7 Å². The van der Waals surface area contributed by atoms with E-state index in [1.807, 2.05) is 18.2 Å². The van der Waals surface area contributed by atoms with E-state index in [1.54, 1.807) is 24.3 Å². The molecule has 1 aromatic heterocycles. The van der Waals surface area contributed by atoms with Crippen molar-refractivity contribution < 1.29 is 24.5 Å². The Kier molecular flexibility index (Phi) is 5.36. The van der Waals surface area contributed by atoms with Crippen LogP contribution in [0.3, 0.4) is 0 Å². The van der Waals surface area contributed by atoms with Crippen molar-refractivity contribution in [1.82, 2.24) is 0 Å². The summed E-state index contributed by atoms with van der Waals surface area (Å²) in [4.78, 5) is 24.5. The van der Waals surface area contributed by atoms with Gasteiger partial charge in [-0.15, -0.1) is 11.3 Å².